The van der Waals surface area contributed by atoms with Gasteiger partial charge in [0.05, 0.1) is 0 Å². The highest BCUT2D eigenvalue weighted by atomic mass is 15.0. The topological polar surface area (TPSA) is 38.0 Å². The SMILES string of the molecule is Cc1cccc(C)c1C(CN)NC1CCC(C)(C)C1. The van der Waals surface area contributed by atoms with Crippen molar-refractivity contribution in [1.82, 2.24) is 5.32 Å². The molecule has 3 N–H and O–H groups in total. The van der Waals surface area contributed by atoms with Crippen LogP contribution >= 0.6 is 0 Å². The van der Waals surface area contributed by atoms with Crippen LogP contribution in [0.5, 0.6) is 0 Å². The van der Waals surface area contributed by atoms with Crippen LogP contribution in [0.15, 0.2) is 18.2 Å². The molecule has 1 aromatic rings. The number of benzene rings is 1. The summed E-state index contributed by atoms with van der Waals surface area (Å²) in [7, 11) is 0. The molecule has 0 spiro atoms. The van der Waals surface area contributed by atoms with Crippen LogP contribution in [0.3, 0.4) is 0 Å². The van der Waals surface area contributed by atoms with Crippen molar-refractivity contribution < 1.29 is 0 Å². The van der Waals surface area contributed by atoms with Gasteiger partial charge in [0.2, 0.25) is 0 Å². The minimum absolute atomic E-state index is 0.292. The number of rotatable bonds is 4. The highest BCUT2D eigenvalue weighted by molar-refractivity contribution is 5.36. The maximum Gasteiger partial charge on any atom is 0.0451 e. The third kappa shape index (κ3) is 3.37. The average molecular weight is 260 g/mol. The molecule has 0 radical (unpaired) electrons. The zero-order valence-electron chi connectivity index (χ0n) is 12.8. The van der Waals surface area contributed by atoms with Gasteiger partial charge in [-0.3, -0.25) is 0 Å². The quantitative estimate of drug-likeness (QED) is 0.870. The van der Waals surface area contributed by atoms with Crippen molar-refractivity contribution in [2.24, 2.45) is 11.1 Å². The molecule has 0 amide bonds. The zero-order valence-corrected chi connectivity index (χ0v) is 12.8. The average Bonchev–Trinajstić information content (AvgIpc) is 2.67. The molecular formula is C17H28N2. The van der Waals surface area contributed by atoms with Crippen LogP contribution in [-0.2, 0) is 0 Å². The van der Waals surface area contributed by atoms with Crippen LogP contribution in [-0.4, -0.2) is 12.6 Å². The molecule has 1 aliphatic carbocycles. The van der Waals surface area contributed by atoms with Crippen LogP contribution in [0.4, 0.5) is 0 Å². The first kappa shape index (κ1) is 14.5. The van der Waals surface area contributed by atoms with E-state index in [1.54, 1.807) is 0 Å². The Labute approximate surface area is 117 Å². The fourth-order valence-corrected chi connectivity index (χ4v) is 3.51. The summed E-state index contributed by atoms with van der Waals surface area (Å²) in [5.74, 6) is 0. The van der Waals surface area contributed by atoms with Crippen molar-refractivity contribution in [2.75, 3.05) is 6.54 Å². The van der Waals surface area contributed by atoms with Gasteiger partial charge in [0.1, 0.15) is 0 Å². The molecule has 106 valence electrons. The molecule has 1 saturated carbocycles. The Hall–Kier alpha value is -0.860. The van der Waals surface area contributed by atoms with Crippen LogP contribution in [0.25, 0.3) is 0 Å². The van der Waals surface area contributed by atoms with Gasteiger partial charge in [-0.2, -0.15) is 0 Å². The van der Waals surface area contributed by atoms with E-state index in [4.69, 9.17) is 5.73 Å². The van der Waals surface area contributed by atoms with Crippen molar-refractivity contribution in [2.45, 2.75) is 59.0 Å². The molecule has 0 bridgehead atoms. The van der Waals surface area contributed by atoms with Gasteiger partial charge < -0.3 is 11.1 Å². The molecule has 0 heterocycles. The predicted molar refractivity (Wildman–Crippen MR) is 82.3 cm³/mol. The maximum absolute atomic E-state index is 6.03. The monoisotopic (exact) mass is 260 g/mol. The summed E-state index contributed by atoms with van der Waals surface area (Å²) < 4.78 is 0. The molecule has 2 heteroatoms. The van der Waals surface area contributed by atoms with Gasteiger partial charge >= 0.3 is 0 Å². The van der Waals surface area contributed by atoms with Crippen molar-refractivity contribution in [3.63, 3.8) is 0 Å². The van der Waals surface area contributed by atoms with E-state index in [0.29, 0.717) is 24.0 Å². The molecule has 1 fully saturated rings. The summed E-state index contributed by atoms with van der Waals surface area (Å²) in [6, 6.07) is 7.40. The Bertz CT molecular complexity index is 417. The Balaban J connectivity index is 2.13. The summed E-state index contributed by atoms with van der Waals surface area (Å²) in [5, 5.41) is 3.79. The first-order valence-electron chi connectivity index (χ1n) is 7.45. The normalized spacial score (nSPS) is 23.5. The van der Waals surface area contributed by atoms with Crippen molar-refractivity contribution in [1.29, 1.82) is 0 Å². The lowest BCUT2D eigenvalue weighted by molar-refractivity contribution is 0.353. The number of nitrogens with one attached hydrogen (secondary N) is 1. The lowest BCUT2D eigenvalue weighted by atomic mass is 9.91. The van der Waals surface area contributed by atoms with Crippen LogP contribution in [0.2, 0.25) is 0 Å². The molecule has 0 aliphatic heterocycles. The molecule has 2 unspecified atom stereocenters. The molecular weight excluding hydrogens is 232 g/mol. The molecule has 2 atom stereocenters. The maximum atomic E-state index is 6.03. The molecule has 2 rings (SSSR count). The van der Waals surface area contributed by atoms with Gasteiger partial charge in [-0.15, -0.1) is 0 Å². The summed E-state index contributed by atoms with van der Waals surface area (Å²) >= 11 is 0. The fraction of sp³-hybridized carbons (Fsp3) is 0.647. The second-order valence-electron chi connectivity index (χ2n) is 6.86. The van der Waals surface area contributed by atoms with E-state index in [-0.39, 0.29) is 0 Å². The fourth-order valence-electron chi connectivity index (χ4n) is 3.51. The van der Waals surface area contributed by atoms with Crippen molar-refractivity contribution in [3.05, 3.63) is 34.9 Å². The smallest absolute Gasteiger partial charge is 0.0451 e. The third-order valence-corrected chi connectivity index (χ3v) is 4.53. The van der Waals surface area contributed by atoms with Gasteiger partial charge in [-0.25, -0.2) is 0 Å². The van der Waals surface area contributed by atoms with Crippen LogP contribution in [0, 0.1) is 19.3 Å². The van der Waals surface area contributed by atoms with E-state index < -0.39 is 0 Å². The van der Waals surface area contributed by atoms with E-state index >= 15 is 0 Å². The largest absolute Gasteiger partial charge is 0.329 e. The molecule has 19 heavy (non-hydrogen) atoms. The van der Waals surface area contributed by atoms with E-state index in [0.717, 1.165) is 0 Å². The van der Waals surface area contributed by atoms with Crippen molar-refractivity contribution in [3.8, 4) is 0 Å². The lowest BCUT2D eigenvalue weighted by Gasteiger charge is -2.26. The Morgan fingerprint density at radius 1 is 1.32 bits per heavy atom. The number of aryl methyl sites for hydroxylation is 2. The molecule has 1 aliphatic rings. The Kier molecular flexibility index (Phi) is 4.32. The van der Waals surface area contributed by atoms with Gasteiger partial charge in [0.25, 0.3) is 0 Å². The van der Waals surface area contributed by atoms with E-state index in [9.17, 15) is 0 Å². The van der Waals surface area contributed by atoms with E-state index in [1.807, 2.05) is 0 Å². The minimum Gasteiger partial charge on any atom is -0.329 e. The van der Waals surface area contributed by atoms with E-state index in [2.05, 4.69) is 51.2 Å². The van der Waals surface area contributed by atoms with Gasteiger partial charge in [0, 0.05) is 18.6 Å². The molecule has 2 nitrogen and oxygen atoms in total. The standard InChI is InChI=1S/C17H28N2/c1-12-6-5-7-13(2)16(12)15(11-18)19-14-8-9-17(3,4)10-14/h5-7,14-15,19H,8-11,18H2,1-4H3. The first-order valence-corrected chi connectivity index (χ1v) is 7.45. The van der Waals surface area contributed by atoms with Crippen molar-refractivity contribution >= 4 is 0 Å². The predicted octanol–water partition coefficient (Wildman–Crippen LogP) is 3.47. The van der Waals surface area contributed by atoms with Gasteiger partial charge in [-0.1, -0.05) is 32.0 Å². The summed E-state index contributed by atoms with van der Waals surface area (Å²) in [4.78, 5) is 0. The number of hydrogen-bond acceptors (Lipinski definition) is 2. The van der Waals surface area contributed by atoms with Crippen LogP contribution in [0.1, 0.15) is 55.8 Å². The first-order chi connectivity index (χ1) is 8.93. The second-order valence-corrected chi connectivity index (χ2v) is 6.86. The minimum atomic E-state index is 0.292. The van der Waals surface area contributed by atoms with Gasteiger partial charge in [0.15, 0.2) is 0 Å². The second kappa shape index (κ2) is 5.64. The summed E-state index contributed by atoms with van der Waals surface area (Å²) in [6.07, 6.45) is 3.84. The molecule has 1 aromatic carbocycles. The Morgan fingerprint density at radius 3 is 2.42 bits per heavy atom. The third-order valence-electron chi connectivity index (χ3n) is 4.53. The summed E-state index contributed by atoms with van der Waals surface area (Å²) in [5.41, 5.74) is 10.6. The zero-order chi connectivity index (χ0) is 14.0. The van der Waals surface area contributed by atoms with Crippen LogP contribution < -0.4 is 11.1 Å². The highest BCUT2D eigenvalue weighted by Crippen LogP contribution is 2.38. The number of hydrogen-bond donors (Lipinski definition) is 2. The van der Waals surface area contributed by atoms with Gasteiger partial charge in [-0.05, 0) is 55.2 Å². The highest BCUT2D eigenvalue weighted by Gasteiger charge is 2.32. The summed E-state index contributed by atoms with van der Waals surface area (Å²) in [6.45, 7) is 9.77. The van der Waals surface area contributed by atoms with E-state index in [1.165, 1.54) is 36.0 Å². The lowest BCUT2D eigenvalue weighted by Crippen LogP contribution is -2.36. The Morgan fingerprint density at radius 2 is 1.95 bits per heavy atom. The number of nitrogens with two attached hydrogens (primary N) is 1. The molecule has 0 saturated heterocycles. The molecule has 0 aromatic heterocycles.